The molecular formula is C15H22N2O4. The lowest BCUT2D eigenvalue weighted by atomic mass is 10.2. The van der Waals surface area contributed by atoms with Gasteiger partial charge < -0.3 is 15.2 Å². The van der Waals surface area contributed by atoms with Crippen LogP contribution in [0, 0.1) is 6.92 Å². The van der Waals surface area contributed by atoms with Crippen LogP contribution in [0.25, 0.3) is 0 Å². The van der Waals surface area contributed by atoms with Crippen molar-refractivity contribution >= 4 is 17.7 Å². The summed E-state index contributed by atoms with van der Waals surface area (Å²) in [5.41, 5.74) is 1.92. The highest BCUT2D eigenvalue weighted by atomic mass is 16.5. The summed E-state index contributed by atoms with van der Waals surface area (Å²) in [6.07, 6.45) is -0.684. The number of nitrogens with one attached hydrogen (secondary N) is 1. The van der Waals surface area contributed by atoms with Crippen molar-refractivity contribution in [2.75, 3.05) is 25.1 Å². The van der Waals surface area contributed by atoms with E-state index in [0.717, 1.165) is 11.3 Å². The van der Waals surface area contributed by atoms with Crippen LogP contribution in [0.3, 0.4) is 0 Å². The number of nitrogens with zero attached hydrogens (tertiary/aromatic N) is 1. The number of aryl methyl sites for hydroxylation is 1. The van der Waals surface area contributed by atoms with Crippen molar-refractivity contribution in [1.29, 1.82) is 0 Å². The molecule has 0 aromatic heterocycles. The van der Waals surface area contributed by atoms with Gasteiger partial charge in [-0.2, -0.15) is 0 Å². The van der Waals surface area contributed by atoms with Crippen LogP contribution >= 0.6 is 0 Å². The van der Waals surface area contributed by atoms with E-state index in [1.54, 1.807) is 4.90 Å². The summed E-state index contributed by atoms with van der Waals surface area (Å²) in [7, 11) is 1.43. The molecule has 1 aromatic carbocycles. The first-order valence-electron chi connectivity index (χ1n) is 6.84. The van der Waals surface area contributed by atoms with Gasteiger partial charge in [-0.05, 0) is 26.0 Å². The highest BCUT2D eigenvalue weighted by Gasteiger charge is 2.17. The van der Waals surface area contributed by atoms with Gasteiger partial charge in [0, 0.05) is 25.9 Å². The molecule has 0 saturated heterocycles. The molecule has 0 spiro atoms. The number of amides is 2. The van der Waals surface area contributed by atoms with Crippen LogP contribution in [0.5, 0.6) is 0 Å². The summed E-state index contributed by atoms with van der Waals surface area (Å²) in [5, 5.41) is 11.4. The third-order valence-electron chi connectivity index (χ3n) is 3.12. The number of anilines is 1. The molecular weight excluding hydrogens is 272 g/mol. The molecule has 0 heterocycles. The number of carboxylic acids is 1. The molecule has 6 heteroatoms. The Hall–Kier alpha value is -2.08. The van der Waals surface area contributed by atoms with Crippen molar-refractivity contribution in [3.05, 3.63) is 29.8 Å². The monoisotopic (exact) mass is 294 g/mol. The number of methoxy groups -OCH3 is 1. The summed E-state index contributed by atoms with van der Waals surface area (Å²) in [4.78, 5) is 24.4. The minimum absolute atomic E-state index is 0.145. The van der Waals surface area contributed by atoms with Gasteiger partial charge in [-0.1, -0.05) is 17.7 Å². The third-order valence-corrected chi connectivity index (χ3v) is 3.12. The van der Waals surface area contributed by atoms with E-state index in [1.807, 2.05) is 38.1 Å². The van der Waals surface area contributed by atoms with Gasteiger partial charge in [-0.3, -0.25) is 9.69 Å². The molecule has 116 valence electrons. The second kappa shape index (κ2) is 8.26. The van der Waals surface area contributed by atoms with E-state index < -0.39 is 12.1 Å². The normalized spacial score (nSPS) is 11.8. The smallest absolute Gasteiger partial charge is 0.321 e. The van der Waals surface area contributed by atoms with E-state index in [2.05, 4.69) is 5.32 Å². The zero-order valence-electron chi connectivity index (χ0n) is 12.6. The molecule has 0 bridgehead atoms. The second-order valence-electron chi connectivity index (χ2n) is 4.72. The number of carbonyl (C=O) groups is 2. The highest BCUT2D eigenvalue weighted by molar-refractivity contribution is 5.91. The molecule has 0 saturated carbocycles. The van der Waals surface area contributed by atoms with E-state index in [1.165, 1.54) is 7.11 Å². The molecule has 6 nitrogen and oxygen atoms in total. The van der Waals surface area contributed by atoms with Crippen molar-refractivity contribution in [2.45, 2.75) is 26.4 Å². The number of ether oxygens (including phenoxy) is 1. The molecule has 1 atom stereocenters. The molecule has 2 amide bonds. The van der Waals surface area contributed by atoms with E-state index in [-0.39, 0.29) is 19.0 Å². The SMILES string of the molecule is CCN(C(=O)NCC(CC(=O)O)OC)c1ccc(C)cc1. The number of benzene rings is 1. The van der Waals surface area contributed by atoms with Crippen molar-refractivity contribution in [2.24, 2.45) is 0 Å². The summed E-state index contributed by atoms with van der Waals surface area (Å²) in [5.74, 6) is -0.956. The largest absolute Gasteiger partial charge is 0.481 e. The maximum absolute atomic E-state index is 12.2. The van der Waals surface area contributed by atoms with Crippen LogP contribution in [0.4, 0.5) is 10.5 Å². The Morgan fingerprint density at radius 2 is 1.95 bits per heavy atom. The number of aliphatic carboxylic acids is 1. The summed E-state index contributed by atoms with van der Waals surface area (Å²) >= 11 is 0. The first-order valence-corrected chi connectivity index (χ1v) is 6.84. The fourth-order valence-electron chi connectivity index (χ4n) is 1.90. The molecule has 0 fully saturated rings. The number of hydrogen-bond donors (Lipinski definition) is 2. The molecule has 0 aliphatic rings. The molecule has 1 aromatic rings. The van der Waals surface area contributed by atoms with Gasteiger partial charge in [-0.15, -0.1) is 0 Å². The van der Waals surface area contributed by atoms with Gasteiger partial charge >= 0.3 is 12.0 Å². The lowest BCUT2D eigenvalue weighted by Crippen LogP contribution is -2.43. The molecule has 0 radical (unpaired) electrons. The van der Waals surface area contributed by atoms with Gasteiger partial charge in [0.15, 0.2) is 0 Å². The average Bonchev–Trinajstić information content (AvgIpc) is 2.45. The number of urea groups is 1. The zero-order chi connectivity index (χ0) is 15.8. The van der Waals surface area contributed by atoms with E-state index in [9.17, 15) is 9.59 Å². The Morgan fingerprint density at radius 1 is 1.33 bits per heavy atom. The van der Waals surface area contributed by atoms with Crippen LogP contribution < -0.4 is 10.2 Å². The predicted molar refractivity (Wildman–Crippen MR) is 80.6 cm³/mol. The van der Waals surface area contributed by atoms with Crippen LogP contribution in [0.15, 0.2) is 24.3 Å². The highest BCUT2D eigenvalue weighted by Crippen LogP contribution is 2.14. The van der Waals surface area contributed by atoms with Crippen molar-refractivity contribution in [3.8, 4) is 0 Å². The number of carbonyl (C=O) groups excluding carboxylic acids is 1. The summed E-state index contributed by atoms with van der Waals surface area (Å²) < 4.78 is 5.03. The number of carboxylic acid groups (broad SMARTS) is 1. The van der Waals surface area contributed by atoms with Crippen molar-refractivity contribution in [1.82, 2.24) is 5.32 Å². The zero-order valence-corrected chi connectivity index (χ0v) is 12.6. The van der Waals surface area contributed by atoms with E-state index >= 15 is 0 Å². The van der Waals surface area contributed by atoms with Crippen molar-refractivity contribution < 1.29 is 19.4 Å². The van der Waals surface area contributed by atoms with Gasteiger partial charge in [-0.25, -0.2) is 4.79 Å². The van der Waals surface area contributed by atoms with Gasteiger partial charge in [0.1, 0.15) is 0 Å². The minimum atomic E-state index is -0.956. The van der Waals surface area contributed by atoms with Gasteiger partial charge in [0.2, 0.25) is 0 Å². The lowest BCUT2D eigenvalue weighted by Gasteiger charge is -2.23. The summed E-state index contributed by atoms with van der Waals surface area (Å²) in [6.45, 7) is 4.54. The molecule has 21 heavy (non-hydrogen) atoms. The Kier molecular flexibility index (Phi) is 6.68. The standard InChI is InChI=1S/C15H22N2O4/c1-4-17(12-7-5-11(2)6-8-12)15(20)16-10-13(21-3)9-14(18)19/h5-8,13H,4,9-10H2,1-3H3,(H,16,20)(H,18,19). The Labute approximate surface area is 124 Å². The Morgan fingerprint density at radius 3 is 2.43 bits per heavy atom. The molecule has 1 unspecified atom stereocenters. The lowest BCUT2D eigenvalue weighted by molar-refractivity contribution is -0.139. The fourth-order valence-corrected chi connectivity index (χ4v) is 1.90. The topological polar surface area (TPSA) is 78.9 Å². The first-order chi connectivity index (χ1) is 9.97. The quantitative estimate of drug-likeness (QED) is 0.806. The molecule has 0 aliphatic heterocycles. The molecule has 0 aliphatic carbocycles. The fraction of sp³-hybridized carbons (Fsp3) is 0.467. The average molecular weight is 294 g/mol. The number of hydrogen-bond acceptors (Lipinski definition) is 3. The van der Waals surface area contributed by atoms with Crippen LogP contribution in [0.2, 0.25) is 0 Å². The maximum Gasteiger partial charge on any atom is 0.321 e. The maximum atomic E-state index is 12.2. The molecule has 1 rings (SSSR count). The second-order valence-corrected chi connectivity index (χ2v) is 4.72. The van der Waals surface area contributed by atoms with Crippen LogP contribution in [-0.2, 0) is 9.53 Å². The van der Waals surface area contributed by atoms with Crippen molar-refractivity contribution in [3.63, 3.8) is 0 Å². The molecule has 2 N–H and O–H groups in total. The van der Waals surface area contributed by atoms with E-state index in [0.29, 0.717) is 6.54 Å². The van der Waals surface area contributed by atoms with Gasteiger partial charge in [0.25, 0.3) is 0 Å². The first kappa shape index (κ1) is 17.0. The predicted octanol–water partition coefficient (Wildman–Crippen LogP) is 2.02. The number of rotatable bonds is 7. The minimum Gasteiger partial charge on any atom is -0.481 e. The van der Waals surface area contributed by atoms with Crippen LogP contribution in [0.1, 0.15) is 18.9 Å². The Balaban J connectivity index is 2.63. The third kappa shape index (κ3) is 5.43. The van der Waals surface area contributed by atoms with E-state index in [4.69, 9.17) is 9.84 Å². The van der Waals surface area contributed by atoms with Crippen LogP contribution in [-0.4, -0.2) is 43.4 Å². The Bertz CT molecular complexity index is 473. The van der Waals surface area contributed by atoms with Gasteiger partial charge in [0.05, 0.1) is 12.5 Å². The summed E-state index contributed by atoms with van der Waals surface area (Å²) in [6, 6.07) is 7.36.